The molecule has 0 saturated heterocycles. The van der Waals surface area contributed by atoms with Gasteiger partial charge in [-0.2, -0.15) is 0 Å². The zero-order valence-electron chi connectivity index (χ0n) is 6.32. The number of amides is 1. The molecule has 0 atom stereocenters. The van der Waals surface area contributed by atoms with Crippen molar-refractivity contribution >= 4 is 38.4 Å². The molecule has 66 valence electrons. The second-order valence-electron chi connectivity index (χ2n) is 1.98. The van der Waals surface area contributed by atoms with Crippen LogP contribution in [0.1, 0.15) is 6.92 Å². The Hall–Kier alpha value is -0.620. The van der Waals surface area contributed by atoms with Gasteiger partial charge in [0.05, 0.1) is 6.20 Å². The van der Waals surface area contributed by atoms with Gasteiger partial charge in [0, 0.05) is 6.54 Å². The van der Waals surface area contributed by atoms with Gasteiger partial charge < -0.3 is 5.11 Å². The van der Waals surface area contributed by atoms with Crippen LogP contribution in [0.5, 0.6) is 0 Å². The number of hydrogen-bond donors (Lipinski definition) is 1. The van der Waals surface area contributed by atoms with Crippen molar-refractivity contribution in [1.29, 1.82) is 0 Å². The van der Waals surface area contributed by atoms with E-state index in [1.54, 1.807) is 6.92 Å². The highest BCUT2D eigenvalue weighted by atomic mass is 79.9. The Labute approximate surface area is 82.0 Å². The van der Waals surface area contributed by atoms with Crippen molar-refractivity contribution < 1.29 is 9.90 Å². The molecule has 1 amide bonds. The summed E-state index contributed by atoms with van der Waals surface area (Å²) in [6, 6.07) is 0. The van der Waals surface area contributed by atoms with E-state index in [4.69, 9.17) is 5.11 Å². The van der Waals surface area contributed by atoms with Gasteiger partial charge in [0.15, 0.2) is 3.92 Å². The van der Waals surface area contributed by atoms with Crippen LogP contribution in [0, 0.1) is 0 Å². The molecular formula is C6H7BrN2O2S. The molecule has 0 aliphatic carbocycles. The minimum Gasteiger partial charge on any atom is -0.465 e. The van der Waals surface area contributed by atoms with E-state index >= 15 is 0 Å². The lowest BCUT2D eigenvalue weighted by Crippen LogP contribution is -2.27. The molecule has 0 aliphatic heterocycles. The fraction of sp³-hybridized carbons (Fsp3) is 0.333. The van der Waals surface area contributed by atoms with Crippen molar-refractivity contribution in [3.8, 4) is 0 Å². The molecule has 12 heavy (non-hydrogen) atoms. The monoisotopic (exact) mass is 250 g/mol. The van der Waals surface area contributed by atoms with Crippen LogP contribution in [0.15, 0.2) is 10.1 Å². The molecule has 1 rings (SSSR count). The number of nitrogens with zero attached hydrogens (tertiary/aromatic N) is 2. The second-order valence-corrected chi connectivity index (χ2v) is 4.26. The predicted molar refractivity (Wildman–Crippen MR) is 50.9 cm³/mol. The summed E-state index contributed by atoms with van der Waals surface area (Å²) < 4.78 is 0.692. The summed E-state index contributed by atoms with van der Waals surface area (Å²) in [5, 5.41) is 9.36. The van der Waals surface area contributed by atoms with Crippen LogP contribution in [-0.4, -0.2) is 22.7 Å². The Morgan fingerprint density at radius 3 is 2.92 bits per heavy atom. The number of anilines is 1. The molecule has 0 saturated carbocycles. The van der Waals surface area contributed by atoms with Crippen LogP contribution in [0.4, 0.5) is 9.80 Å². The largest absolute Gasteiger partial charge is 0.465 e. The lowest BCUT2D eigenvalue weighted by Gasteiger charge is -2.12. The quantitative estimate of drug-likeness (QED) is 0.878. The lowest BCUT2D eigenvalue weighted by atomic mass is 10.6. The molecule has 0 fully saturated rings. The van der Waals surface area contributed by atoms with Crippen molar-refractivity contribution in [3.63, 3.8) is 0 Å². The maximum atomic E-state index is 10.6. The molecule has 1 heterocycles. The summed E-state index contributed by atoms with van der Waals surface area (Å²) in [4.78, 5) is 15.8. The molecule has 0 bridgehead atoms. The van der Waals surface area contributed by atoms with E-state index in [1.807, 2.05) is 0 Å². The van der Waals surface area contributed by atoms with Crippen molar-refractivity contribution in [2.45, 2.75) is 6.92 Å². The van der Waals surface area contributed by atoms with Gasteiger partial charge in [0.2, 0.25) is 0 Å². The highest BCUT2D eigenvalue weighted by Gasteiger charge is 2.13. The number of rotatable bonds is 2. The summed E-state index contributed by atoms with van der Waals surface area (Å²) in [5.41, 5.74) is 0. The Morgan fingerprint density at radius 1 is 1.92 bits per heavy atom. The van der Waals surface area contributed by atoms with Crippen LogP contribution >= 0.6 is 27.3 Å². The number of hydrogen-bond acceptors (Lipinski definition) is 3. The van der Waals surface area contributed by atoms with Gasteiger partial charge in [-0.15, -0.1) is 0 Å². The second kappa shape index (κ2) is 3.86. The van der Waals surface area contributed by atoms with E-state index in [1.165, 1.54) is 22.4 Å². The third-order valence-electron chi connectivity index (χ3n) is 1.28. The highest BCUT2D eigenvalue weighted by Crippen LogP contribution is 2.26. The van der Waals surface area contributed by atoms with Crippen LogP contribution in [0.2, 0.25) is 0 Å². The first-order chi connectivity index (χ1) is 5.65. The Bertz CT molecular complexity index is 289. The molecule has 0 unspecified atom stereocenters. The van der Waals surface area contributed by atoms with Gasteiger partial charge in [0.1, 0.15) is 5.00 Å². The third-order valence-corrected chi connectivity index (χ3v) is 2.78. The maximum absolute atomic E-state index is 10.6. The molecule has 4 nitrogen and oxygen atoms in total. The highest BCUT2D eigenvalue weighted by molar-refractivity contribution is 9.11. The molecule has 6 heteroatoms. The maximum Gasteiger partial charge on any atom is 0.412 e. The van der Waals surface area contributed by atoms with Gasteiger partial charge in [-0.25, -0.2) is 9.78 Å². The first kappa shape index (κ1) is 9.47. The number of carbonyl (C=O) groups is 1. The first-order valence-corrected chi connectivity index (χ1v) is 4.88. The zero-order chi connectivity index (χ0) is 9.14. The molecule has 1 aromatic rings. The zero-order valence-corrected chi connectivity index (χ0v) is 8.72. The van der Waals surface area contributed by atoms with Gasteiger partial charge >= 0.3 is 6.09 Å². The third kappa shape index (κ3) is 1.95. The van der Waals surface area contributed by atoms with Gasteiger partial charge in [0.25, 0.3) is 0 Å². The number of aromatic nitrogens is 1. The van der Waals surface area contributed by atoms with E-state index in [9.17, 15) is 4.79 Å². The summed E-state index contributed by atoms with van der Waals surface area (Å²) in [5.74, 6) is 0. The van der Waals surface area contributed by atoms with E-state index in [0.29, 0.717) is 15.5 Å². The summed E-state index contributed by atoms with van der Waals surface area (Å²) >= 11 is 4.47. The molecule has 1 N–H and O–H groups in total. The van der Waals surface area contributed by atoms with Crippen LogP contribution < -0.4 is 4.90 Å². The summed E-state index contributed by atoms with van der Waals surface area (Å²) in [7, 11) is 0. The molecule has 0 spiro atoms. The average molecular weight is 251 g/mol. The SMILES string of the molecule is CCN(C(=O)O)c1cnc(Br)s1. The molecule has 0 radical (unpaired) electrons. The summed E-state index contributed by atoms with van der Waals surface area (Å²) in [6.45, 7) is 2.21. The van der Waals surface area contributed by atoms with E-state index in [-0.39, 0.29) is 0 Å². The molecule has 1 aromatic heterocycles. The average Bonchev–Trinajstić information content (AvgIpc) is 2.37. The van der Waals surface area contributed by atoms with Crippen LogP contribution in [0.25, 0.3) is 0 Å². The van der Waals surface area contributed by atoms with Crippen molar-refractivity contribution in [2.75, 3.05) is 11.4 Å². The van der Waals surface area contributed by atoms with Crippen molar-refractivity contribution in [1.82, 2.24) is 4.98 Å². The van der Waals surface area contributed by atoms with Crippen molar-refractivity contribution in [3.05, 3.63) is 10.1 Å². The Morgan fingerprint density at radius 2 is 2.58 bits per heavy atom. The minimum atomic E-state index is -0.950. The Kier molecular flexibility index (Phi) is 3.05. The fourth-order valence-corrected chi connectivity index (χ4v) is 2.06. The number of carboxylic acid groups (broad SMARTS) is 1. The van der Waals surface area contributed by atoms with Crippen molar-refractivity contribution in [2.24, 2.45) is 0 Å². The predicted octanol–water partition coefficient (Wildman–Crippen LogP) is 2.41. The first-order valence-electron chi connectivity index (χ1n) is 3.27. The Balaban J connectivity index is 2.87. The summed E-state index contributed by atoms with van der Waals surface area (Å²) in [6.07, 6.45) is 0.584. The normalized spacial score (nSPS) is 9.83. The van der Waals surface area contributed by atoms with Gasteiger partial charge in [-0.3, -0.25) is 4.90 Å². The molecule has 0 aliphatic rings. The van der Waals surface area contributed by atoms with Gasteiger partial charge in [-0.05, 0) is 22.9 Å². The minimum absolute atomic E-state index is 0.434. The molecule has 0 aromatic carbocycles. The number of thiazole rings is 1. The smallest absolute Gasteiger partial charge is 0.412 e. The van der Waals surface area contributed by atoms with Gasteiger partial charge in [-0.1, -0.05) is 11.3 Å². The topological polar surface area (TPSA) is 53.4 Å². The van der Waals surface area contributed by atoms with E-state index in [2.05, 4.69) is 20.9 Å². The molecular weight excluding hydrogens is 244 g/mol. The number of halogens is 1. The lowest BCUT2D eigenvalue weighted by molar-refractivity contribution is 0.202. The van der Waals surface area contributed by atoms with Crippen LogP contribution in [-0.2, 0) is 0 Å². The fourth-order valence-electron chi connectivity index (χ4n) is 0.755. The van der Waals surface area contributed by atoms with Crippen LogP contribution in [0.3, 0.4) is 0 Å². The van der Waals surface area contributed by atoms with E-state index in [0.717, 1.165) is 0 Å². The van der Waals surface area contributed by atoms with E-state index < -0.39 is 6.09 Å². The standard InChI is InChI=1S/C6H7BrN2O2S/c1-2-9(6(10)11)4-3-8-5(7)12-4/h3H,2H2,1H3,(H,10,11).